The molecule has 0 saturated carbocycles. The normalized spacial score (nSPS) is 14.7. The van der Waals surface area contributed by atoms with Gasteiger partial charge < -0.3 is 18.9 Å². The van der Waals surface area contributed by atoms with E-state index < -0.39 is 0 Å². The molecule has 1 N–H and O–H groups in total. The Morgan fingerprint density at radius 3 is 2.57 bits per heavy atom. The first-order chi connectivity index (χ1) is 17.1. The van der Waals surface area contributed by atoms with Crippen molar-refractivity contribution in [2.45, 2.75) is 18.9 Å². The molecule has 8 heteroatoms. The van der Waals surface area contributed by atoms with Crippen LogP contribution in [0.2, 0.25) is 0 Å². The van der Waals surface area contributed by atoms with Crippen molar-refractivity contribution in [3.63, 3.8) is 0 Å². The maximum absolute atomic E-state index is 14.0. The van der Waals surface area contributed by atoms with Gasteiger partial charge in [-0.05, 0) is 48.0 Å². The SMILES string of the molecule is COc1ccc(-c2[nH]nc3c2C(c2ccc(OCc4ccccc4F)c(OC)c2)CC(=O)O3)cc1. The van der Waals surface area contributed by atoms with E-state index in [1.165, 1.54) is 13.2 Å². The smallest absolute Gasteiger partial charge is 0.313 e. The fraction of sp³-hybridized carbons (Fsp3) is 0.185. The summed E-state index contributed by atoms with van der Waals surface area (Å²) in [5.41, 5.74) is 3.73. The number of aromatic amines is 1. The first-order valence-corrected chi connectivity index (χ1v) is 11.0. The summed E-state index contributed by atoms with van der Waals surface area (Å²) in [6, 6.07) is 19.5. The van der Waals surface area contributed by atoms with E-state index in [-0.39, 0.29) is 36.6 Å². The Morgan fingerprint density at radius 2 is 1.83 bits per heavy atom. The van der Waals surface area contributed by atoms with Crippen molar-refractivity contribution in [2.75, 3.05) is 14.2 Å². The number of methoxy groups -OCH3 is 2. The van der Waals surface area contributed by atoms with Gasteiger partial charge in [0.05, 0.1) is 31.9 Å². The van der Waals surface area contributed by atoms with Crippen LogP contribution < -0.4 is 18.9 Å². The fourth-order valence-corrected chi connectivity index (χ4v) is 4.21. The first kappa shape index (κ1) is 22.5. The molecule has 1 atom stereocenters. The van der Waals surface area contributed by atoms with Gasteiger partial charge in [-0.2, -0.15) is 0 Å². The molecule has 0 fully saturated rings. The third-order valence-electron chi connectivity index (χ3n) is 6.01. The first-order valence-electron chi connectivity index (χ1n) is 11.0. The van der Waals surface area contributed by atoms with E-state index in [1.807, 2.05) is 36.4 Å². The summed E-state index contributed by atoms with van der Waals surface area (Å²) in [7, 11) is 3.15. The highest BCUT2D eigenvalue weighted by Gasteiger charge is 2.34. The molecule has 1 aromatic heterocycles. The van der Waals surface area contributed by atoms with Gasteiger partial charge in [0.25, 0.3) is 0 Å². The lowest BCUT2D eigenvalue weighted by Crippen LogP contribution is -2.21. The third-order valence-corrected chi connectivity index (χ3v) is 6.01. The zero-order valence-electron chi connectivity index (χ0n) is 19.2. The molecule has 4 aromatic rings. The van der Waals surface area contributed by atoms with Crippen LogP contribution in [0, 0.1) is 5.82 Å². The molecule has 0 saturated heterocycles. The van der Waals surface area contributed by atoms with E-state index in [1.54, 1.807) is 31.4 Å². The van der Waals surface area contributed by atoms with Crippen molar-refractivity contribution in [2.24, 2.45) is 0 Å². The lowest BCUT2D eigenvalue weighted by atomic mass is 9.85. The van der Waals surface area contributed by atoms with Crippen LogP contribution in [-0.4, -0.2) is 30.4 Å². The lowest BCUT2D eigenvalue weighted by molar-refractivity contribution is -0.135. The maximum atomic E-state index is 14.0. The minimum absolute atomic E-state index is 0.0611. The van der Waals surface area contributed by atoms with Crippen LogP contribution in [-0.2, 0) is 11.4 Å². The summed E-state index contributed by atoms with van der Waals surface area (Å²) in [6.45, 7) is 0.0611. The number of nitrogens with one attached hydrogen (secondary N) is 1. The predicted octanol–water partition coefficient (Wildman–Crippen LogP) is 5.25. The van der Waals surface area contributed by atoms with Gasteiger partial charge in [-0.25, -0.2) is 4.39 Å². The second kappa shape index (κ2) is 9.50. The molecule has 1 aliphatic heterocycles. The van der Waals surface area contributed by atoms with Crippen molar-refractivity contribution >= 4 is 5.97 Å². The molecular weight excluding hydrogens is 451 g/mol. The summed E-state index contributed by atoms with van der Waals surface area (Å²) in [5.74, 6) is 0.944. The Labute approximate surface area is 201 Å². The van der Waals surface area contributed by atoms with Gasteiger partial charge in [-0.1, -0.05) is 24.3 Å². The molecule has 7 nitrogen and oxygen atoms in total. The average Bonchev–Trinajstić information content (AvgIpc) is 3.31. The molecule has 3 aromatic carbocycles. The van der Waals surface area contributed by atoms with Crippen LogP contribution in [0.4, 0.5) is 4.39 Å². The summed E-state index contributed by atoms with van der Waals surface area (Å²) in [4.78, 5) is 12.4. The second-order valence-electron chi connectivity index (χ2n) is 8.07. The largest absolute Gasteiger partial charge is 0.497 e. The summed E-state index contributed by atoms with van der Waals surface area (Å²) in [5, 5.41) is 7.26. The molecular formula is C27H23FN2O5. The zero-order valence-corrected chi connectivity index (χ0v) is 19.2. The quantitative estimate of drug-likeness (QED) is 0.368. The fourth-order valence-electron chi connectivity index (χ4n) is 4.21. The number of hydrogen-bond donors (Lipinski definition) is 1. The van der Waals surface area contributed by atoms with Gasteiger partial charge >= 0.3 is 5.97 Å². The predicted molar refractivity (Wildman–Crippen MR) is 126 cm³/mol. The van der Waals surface area contributed by atoms with Gasteiger partial charge in [0, 0.05) is 17.0 Å². The zero-order chi connectivity index (χ0) is 24.4. The molecule has 0 bridgehead atoms. The van der Waals surface area contributed by atoms with Gasteiger partial charge in [0.1, 0.15) is 18.2 Å². The number of rotatable bonds is 7. The molecule has 35 heavy (non-hydrogen) atoms. The van der Waals surface area contributed by atoms with E-state index in [0.29, 0.717) is 17.1 Å². The van der Waals surface area contributed by atoms with Crippen molar-refractivity contribution in [3.8, 4) is 34.4 Å². The van der Waals surface area contributed by atoms with E-state index in [2.05, 4.69) is 10.2 Å². The second-order valence-corrected chi connectivity index (χ2v) is 8.07. The Hall–Kier alpha value is -4.33. The Morgan fingerprint density at radius 1 is 1.03 bits per heavy atom. The Bertz CT molecular complexity index is 1370. The van der Waals surface area contributed by atoms with E-state index in [0.717, 1.165) is 28.1 Å². The minimum atomic E-state index is -0.367. The lowest BCUT2D eigenvalue weighted by Gasteiger charge is -2.23. The highest BCUT2D eigenvalue weighted by molar-refractivity contribution is 5.80. The number of hydrogen-bond acceptors (Lipinski definition) is 6. The van der Waals surface area contributed by atoms with Gasteiger partial charge in [0.2, 0.25) is 5.88 Å². The molecule has 0 amide bonds. The van der Waals surface area contributed by atoms with Crippen LogP contribution in [0.1, 0.15) is 29.0 Å². The number of nitrogens with zero attached hydrogens (tertiary/aromatic N) is 1. The summed E-state index contributed by atoms with van der Waals surface area (Å²) >= 11 is 0. The van der Waals surface area contributed by atoms with Crippen molar-refractivity contribution < 1.29 is 28.1 Å². The van der Waals surface area contributed by atoms with Gasteiger partial charge in [-0.15, -0.1) is 5.10 Å². The molecule has 0 spiro atoms. The monoisotopic (exact) mass is 474 g/mol. The van der Waals surface area contributed by atoms with Crippen molar-refractivity contribution in [1.29, 1.82) is 0 Å². The minimum Gasteiger partial charge on any atom is -0.497 e. The molecule has 0 radical (unpaired) electrons. The molecule has 5 rings (SSSR count). The number of esters is 1. The summed E-state index contributed by atoms with van der Waals surface area (Å²) in [6.07, 6.45) is 0.147. The molecule has 0 aliphatic carbocycles. The standard InChI is InChI=1S/C27H23FN2O5/c1-32-19-10-7-16(8-11-19)26-25-20(14-24(31)35-27(25)30-29-26)17-9-12-22(23(13-17)33-2)34-15-18-5-3-4-6-21(18)28/h3-13,20H,14-15H2,1-2H3,(H,29,30). The van der Waals surface area contributed by atoms with Crippen molar-refractivity contribution in [3.05, 3.63) is 89.2 Å². The molecule has 178 valence electrons. The number of halogens is 1. The molecule has 2 heterocycles. The topological polar surface area (TPSA) is 82.7 Å². The van der Waals surface area contributed by atoms with Crippen LogP contribution in [0.25, 0.3) is 11.3 Å². The number of carbonyl (C=O) groups excluding carboxylic acids is 1. The van der Waals surface area contributed by atoms with Crippen molar-refractivity contribution in [1.82, 2.24) is 10.2 Å². The Kier molecular flexibility index (Phi) is 6.10. The number of benzene rings is 3. The number of carbonyl (C=O) groups is 1. The number of aromatic nitrogens is 2. The molecule has 1 unspecified atom stereocenters. The van der Waals surface area contributed by atoms with Gasteiger partial charge in [-0.3, -0.25) is 9.89 Å². The number of fused-ring (bicyclic) bond motifs is 1. The van der Waals surface area contributed by atoms with Crippen LogP contribution >= 0.6 is 0 Å². The number of ether oxygens (including phenoxy) is 4. The highest BCUT2D eigenvalue weighted by atomic mass is 19.1. The maximum Gasteiger partial charge on any atom is 0.313 e. The number of H-pyrrole nitrogens is 1. The van der Waals surface area contributed by atoms with Crippen LogP contribution in [0.3, 0.4) is 0 Å². The van der Waals surface area contributed by atoms with Gasteiger partial charge in [0.15, 0.2) is 11.5 Å². The van der Waals surface area contributed by atoms with E-state index >= 15 is 0 Å². The summed E-state index contributed by atoms with van der Waals surface area (Å²) < 4.78 is 36.0. The van der Waals surface area contributed by atoms with E-state index in [9.17, 15) is 9.18 Å². The third kappa shape index (κ3) is 4.42. The van der Waals surface area contributed by atoms with Crippen LogP contribution in [0.15, 0.2) is 66.7 Å². The average molecular weight is 474 g/mol. The van der Waals surface area contributed by atoms with Crippen LogP contribution in [0.5, 0.6) is 23.1 Å². The Balaban J connectivity index is 1.48. The highest BCUT2D eigenvalue weighted by Crippen LogP contribution is 2.44. The van der Waals surface area contributed by atoms with E-state index in [4.69, 9.17) is 18.9 Å². The molecule has 1 aliphatic rings.